The van der Waals surface area contributed by atoms with Gasteiger partial charge < -0.3 is 10.5 Å². The van der Waals surface area contributed by atoms with Gasteiger partial charge in [0.1, 0.15) is 10.7 Å². The van der Waals surface area contributed by atoms with Crippen molar-refractivity contribution in [3.8, 4) is 0 Å². The molecular weight excluding hydrogens is 246 g/mol. The molecule has 0 bridgehead atoms. The summed E-state index contributed by atoms with van der Waals surface area (Å²) in [7, 11) is 0. The molecule has 0 spiro atoms. The summed E-state index contributed by atoms with van der Waals surface area (Å²) in [5.41, 5.74) is 7.35. The molecule has 0 amide bonds. The van der Waals surface area contributed by atoms with Crippen molar-refractivity contribution in [1.82, 2.24) is 9.59 Å². The van der Waals surface area contributed by atoms with E-state index >= 15 is 0 Å². The quantitative estimate of drug-likeness (QED) is 0.912. The van der Waals surface area contributed by atoms with E-state index < -0.39 is 0 Å². The van der Waals surface area contributed by atoms with Gasteiger partial charge in [0.25, 0.3) is 0 Å². The van der Waals surface area contributed by atoms with Gasteiger partial charge in [-0.15, -0.1) is 5.10 Å². The summed E-state index contributed by atoms with van der Waals surface area (Å²) in [5, 5.41) is 5.16. The number of anilines is 1. The number of hydrogen-bond donors (Lipinski definition) is 1. The van der Waals surface area contributed by atoms with Crippen LogP contribution in [0.1, 0.15) is 11.3 Å². The van der Waals surface area contributed by atoms with Crippen LogP contribution in [0.5, 0.6) is 0 Å². The molecule has 2 aromatic rings. The van der Waals surface area contributed by atoms with E-state index in [0.717, 1.165) is 5.56 Å². The van der Waals surface area contributed by atoms with Crippen molar-refractivity contribution in [3.63, 3.8) is 0 Å². The topological polar surface area (TPSA) is 61.0 Å². The van der Waals surface area contributed by atoms with E-state index in [1.54, 1.807) is 0 Å². The van der Waals surface area contributed by atoms with Crippen LogP contribution in [-0.2, 0) is 18.0 Å². The zero-order valence-corrected chi connectivity index (χ0v) is 9.96. The lowest BCUT2D eigenvalue weighted by Gasteiger charge is -2.03. The van der Waals surface area contributed by atoms with Gasteiger partial charge in [0.15, 0.2) is 0 Å². The van der Waals surface area contributed by atoms with Crippen molar-refractivity contribution in [2.24, 2.45) is 0 Å². The second-order valence-electron chi connectivity index (χ2n) is 3.21. The highest BCUT2D eigenvalue weighted by Gasteiger charge is 2.03. The molecule has 0 radical (unpaired) electrons. The minimum atomic E-state index is 0.370. The van der Waals surface area contributed by atoms with Gasteiger partial charge in [-0.25, -0.2) is 0 Å². The van der Waals surface area contributed by atoms with Crippen molar-refractivity contribution >= 4 is 28.1 Å². The Labute approximate surface area is 102 Å². The van der Waals surface area contributed by atoms with Crippen molar-refractivity contribution in [2.45, 2.75) is 13.2 Å². The lowest BCUT2D eigenvalue weighted by Crippen LogP contribution is -1.97. The molecule has 0 unspecified atom stereocenters. The number of benzene rings is 1. The van der Waals surface area contributed by atoms with Gasteiger partial charge in [-0.3, -0.25) is 0 Å². The Hall–Kier alpha value is -1.17. The van der Waals surface area contributed by atoms with Crippen LogP contribution in [0.15, 0.2) is 24.3 Å². The Morgan fingerprint density at radius 1 is 1.38 bits per heavy atom. The fourth-order valence-electron chi connectivity index (χ4n) is 1.21. The maximum Gasteiger partial charge on any atom is 0.133 e. The lowest BCUT2D eigenvalue weighted by atomic mass is 10.2. The van der Waals surface area contributed by atoms with Crippen LogP contribution < -0.4 is 5.73 Å². The van der Waals surface area contributed by atoms with Gasteiger partial charge in [-0.05, 0) is 17.7 Å². The Balaban J connectivity index is 1.87. The number of nitrogens with two attached hydrogens (primary N) is 1. The van der Waals surface area contributed by atoms with E-state index in [9.17, 15) is 0 Å². The fourth-order valence-corrected chi connectivity index (χ4v) is 1.85. The third-order valence-electron chi connectivity index (χ3n) is 1.98. The van der Waals surface area contributed by atoms with Crippen LogP contribution in [0.4, 0.5) is 5.00 Å². The summed E-state index contributed by atoms with van der Waals surface area (Å²) in [6, 6.07) is 7.53. The van der Waals surface area contributed by atoms with Gasteiger partial charge >= 0.3 is 0 Å². The van der Waals surface area contributed by atoms with Gasteiger partial charge in [0, 0.05) is 16.6 Å². The molecule has 0 atom stereocenters. The van der Waals surface area contributed by atoms with Crippen LogP contribution in [0, 0.1) is 0 Å². The third-order valence-corrected chi connectivity index (χ3v) is 2.81. The van der Waals surface area contributed by atoms with Gasteiger partial charge in [0.05, 0.1) is 13.2 Å². The van der Waals surface area contributed by atoms with Crippen molar-refractivity contribution in [3.05, 3.63) is 40.5 Å². The molecule has 1 aromatic carbocycles. The largest absolute Gasteiger partial charge is 0.388 e. The highest BCUT2D eigenvalue weighted by Crippen LogP contribution is 2.15. The average Bonchev–Trinajstić information content (AvgIpc) is 2.65. The minimum absolute atomic E-state index is 0.370. The van der Waals surface area contributed by atoms with E-state index in [-0.39, 0.29) is 0 Å². The first-order valence-corrected chi connectivity index (χ1v) is 5.80. The standard InChI is InChI=1S/C10H10ClN3OS/c11-8-3-1-2-7(4-8)5-15-6-9-10(12)16-14-13-9/h1-4H,5-6,12H2. The van der Waals surface area contributed by atoms with Crippen LogP contribution in [0.3, 0.4) is 0 Å². The Morgan fingerprint density at radius 3 is 2.94 bits per heavy atom. The van der Waals surface area contributed by atoms with Crippen LogP contribution in [0.25, 0.3) is 0 Å². The van der Waals surface area contributed by atoms with E-state index in [0.29, 0.717) is 28.9 Å². The average molecular weight is 256 g/mol. The summed E-state index contributed by atoms with van der Waals surface area (Å²) < 4.78 is 9.19. The number of aromatic nitrogens is 2. The number of rotatable bonds is 4. The molecule has 6 heteroatoms. The molecule has 0 saturated heterocycles. The molecule has 0 aliphatic heterocycles. The number of nitrogen functional groups attached to an aromatic ring is 1. The van der Waals surface area contributed by atoms with Crippen LogP contribution in [-0.4, -0.2) is 9.59 Å². The molecule has 1 aromatic heterocycles. The second kappa shape index (κ2) is 5.25. The molecular formula is C10H10ClN3OS. The van der Waals surface area contributed by atoms with Gasteiger partial charge in [-0.1, -0.05) is 28.2 Å². The molecule has 0 fully saturated rings. The van der Waals surface area contributed by atoms with E-state index in [1.165, 1.54) is 11.5 Å². The van der Waals surface area contributed by atoms with Gasteiger partial charge in [0.2, 0.25) is 0 Å². The summed E-state index contributed by atoms with van der Waals surface area (Å²) >= 11 is 7.02. The fraction of sp³-hybridized carbons (Fsp3) is 0.200. The maximum atomic E-state index is 5.85. The Kier molecular flexibility index (Phi) is 3.71. The molecule has 0 aliphatic carbocycles. The first-order valence-electron chi connectivity index (χ1n) is 4.64. The first-order chi connectivity index (χ1) is 7.75. The Morgan fingerprint density at radius 2 is 2.25 bits per heavy atom. The van der Waals surface area contributed by atoms with Crippen molar-refractivity contribution in [1.29, 1.82) is 0 Å². The van der Waals surface area contributed by atoms with Crippen molar-refractivity contribution in [2.75, 3.05) is 5.73 Å². The predicted octanol–water partition coefficient (Wildman–Crippen LogP) is 2.49. The Bertz CT molecular complexity index is 475. The normalized spacial score (nSPS) is 10.6. The highest BCUT2D eigenvalue weighted by molar-refractivity contribution is 7.09. The van der Waals surface area contributed by atoms with Crippen LogP contribution in [0.2, 0.25) is 5.02 Å². The highest BCUT2D eigenvalue weighted by atomic mass is 35.5. The summed E-state index contributed by atoms with van der Waals surface area (Å²) in [6.45, 7) is 0.854. The summed E-state index contributed by atoms with van der Waals surface area (Å²) in [5.74, 6) is 0. The molecule has 0 saturated carbocycles. The van der Waals surface area contributed by atoms with Crippen molar-refractivity contribution < 1.29 is 4.74 Å². The summed E-state index contributed by atoms with van der Waals surface area (Å²) in [4.78, 5) is 0. The van der Waals surface area contributed by atoms with E-state index in [2.05, 4.69) is 9.59 Å². The molecule has 0 aliphatic rings. The van der Waals surface area contributed by atoms with Crippen LogP contribution >= 0.6 is 23.1 Å². The number of hydrogen-bond acceptors (Lipinski definition) is 5. The smallest absolute Gasteiger partial charge is 0.133 e. The SMILES string of the molecule is Nc1snnc1COCc1cccc(Cl)c1. The zero-order valence-electron chi connectivity index (χ0n) is 8.39. The minimum Gasteiger partial charge on any atom is -0.388 e. The van der Waals surface area contributed by atoms with Gasteiger partial charge in [-0.2, -0.15) is 0 Å². The summed E-state index contributed by atoms with van der Waals surface area (Å²) in [6.07, 6.45) is 0. The zero-order chi connectivity index (χ0) is 11.4. The molecule has 1 heterocycles. The maximum absolute atomic E-state index is 5.85. The molecule has 2 N–H and O–H groups in total. The molecule has 4 nitrogen and oxygen atoms in total. The van der Waals surface area contributed by atoms with E-state index in [4.69, 9.17) is 22.1 Å². The second-order valence-corrected chi connectivity index (χ2v) is 4.43. The third kappa shape index (κ3) is 2.91. The molecule has 2 rings (SSSR count). The monoisotopic (exact) mass is 255 g/mol. The number of nitrogens with zero attached hydrogens (tertiary/aromatic N) is 2. The number of ether oxygens (including phenoxy) is 1. The lowest BCUT2D eigenvalue weighted by molar-refractivity contribution is 0.105. The first kappa shape index (κ1) is 11.3. The molecule has 84 valence electrons. The predicted molar refractivity (Wildman–Crippen MR) is 64.3 cm³/mol. The number of halogens is 1. The molecule has 16 heavy (non-hydrogen) atoms. The van der Waals surface area contributed by atoms with E-state index in [1.807, 2.05) is 24.3 Å².